The van der Waals surface area contributed by atoms with Gasteiger partial charge in [0.05, 0.1) is 4.83 Å². The quantitative estimate of drug-likeness (QED) is 0.483. The second kappa shape index (κ2) is 5.33. The molecule has 1 atom stereocenters. The van der Waals surface area contributed by atoms with Crippen LogP contribution in [0.25, 0.3) is 9.40 Å². The molecule has 0 nitrogen and oxygen atoms in total. The van der Waals surface area contributed by atoms with Gasteiger partial charge in [-0.3, -0.25) is 0 Å². The van der Waals surface area contributed by atoms with E-state index in [1.165, 1.54) is 19.8 Å². The summed E-state index contributed by atoms with van der Waals surface area (Å²) in [7, 11) is 0. The van der Waals surface area contributed by atoms with Gasteiger partial charge in [-0.2, -0.15) is 0 Å². The van der Waals surface area contributed by atoms with E-state index in [-0.39, 0.29) is 0 Å². The first-order valence-corrected chi connectivity index (χ1v) is 8.57. The molecule has 18 heavy (non-hydrogen) atoms. The standard InChI is InChI=1S/C14H10BrClS2/c15-11(7-9-2-1-3-10(16)6-9)13-8-14-12(18-13)4-5-17-14/h1-6,8,11H,7H2. The first-order valence-electron chi connectivity index (χ1n) is 5.58. The van der Waals surface area contributed by atoms with Gasteiger partial charge in [-0.25, -0.2) is 0 Å². The predicted molar refractivity (Wildman–Crippen MR) is 86.5 cm³/mol. The van der Waals surface area contributed by atoms with Crippen molar-refractivity contribution in [3.8, 4) is 0 Å². The van der Waals surface area contributed by atoms with E-state index in [9.17, 15) is 0 Å². The maximum Gasteiger partial charge on any atom is 0.0530 e. The molecule has 0 radical (unpaired) electrons. The van der Waals surface area contributed by atoms with Gasteiger partial charge in [0, 0.05) is 19.3 Å². The Morgan fingerprint density at radius 3 is 2.83 bits per heavy atom. The second-order valence-corrected chi connectivity index (χ2v) is 7.70. The number of benzene rings is 1. The Morgan fingerprint density at radius 1 is 1.17 bits per heavy atom. The van der Waals surface area contributed by atoms with Gasteiger partial charge in [-0.05, 0) is 41.6 Å². The lowest BCUT2D eigenvalue weighted by Crippen LogP contribution is -1.92. The van der Waals surface area contributed by atoms with Crippen molar-refractivity contribution in [2.45, 2.75) is 11.2 Å². The fourth-order valence-electron chi connectivity index (χ4n) is 1.91. The molecule has 0 spiro atoms. The van der Waals surface area contributed by atoms with E-state index >= 15 is 0 Å². The zero-order valence-electron chi connectivity index (χ0n) is 9.40. The number of thiophene rings is 2. The van der Waals surface area contributed by atoms with Crippen LogP contribution in [0.2, 0.25) is 5.02 Å². The molecule has 0 fully saturated rings. The van der Waals surface area contributed by atoms with Crippen LogP contribution >= 0.6 is 50.2 Å². The first kappa shape index (κ1) is 12.7. The average molecular weight is 358 g/mol. The van der Waals surface area contributed by atoms with Gasteiger partial charge in [0.2, 0.25) is 0 Å². The average Bonchev–Trinajstić information content (AvgIpc) is 2.88. The van der Waals surface area contributed by atoms with Crippen molar-refractivity contribution in [3.05, 3.63) is 57.2 Å². The van der Waals surface area contributed by atoms with Gasteiger partial charge < -0.3 is 0 Å². The van der Waals surface area contributed by atoms with Crippen molar-refractivity contribution in [3.63, 3.8) is 0 Å². The molecule has 2 aromatic heterocycles. The van der Waals surface area contributed by atoms with Crippen LogP contribution in [0.5, 0.6) is 0 Å². The second-order valence-electron chi connectivity index (χ2n) is 4.10. The van der Waals surface area contributed by atoms with Gasteiger partial charge in [-0.15, -0.1) is 22.7 Å². The molecule has 3 aromatic rings. The van der Waals surface area contributed by atoms with Crippen molar-refractivity contribution in [1.29, 1.82) is 0 Å². The SMILES string of the molecule is Clc1cccc(CC(Br)c2cc3sccc3s2)c1. The van der Waals surface area contributed by atoms with Crippen LogP contribution in [-0.2, 0) is 6.42 Å². The molecule has 92 valence electrons. The number of hydrogen-bond acceptors (Lipinski definition) is 2. The highest BCUT2D eigenvalue weighted by Gasteiger charge is 2.12. The lowest BCUT2D eigenvalue weighted by Gasteiger charge is -2.07. The molecule has 1 unspecified atom stereocenters. The number of alkyl halides is 1. The summed E-state index contributed by atoms with van der Waals surface area (Å²) < 4.78 is 2.76. The molecular formula is C14H10BrClS2. The summed E-state index contributed by atoms with van der Waals surface area (Å²) in [5.74, 6) is 0. The summed E-state index contributed by atoms with van der Waals surface area (Å²) in [5, 5.41) is 2.95. The van der Waals surface area contributed by atoms with Gasteiger partial charge in [0.15, 0.2) is 0 Å². The fourth-order valence-corrected chi connectivity index (χ4v) is 5.01. The molecule has 0 aliphatic rings. The number of fused-ring (bicyclic) bond motifs is 1. The van der Waals surface area contributed by atoms with Crippen molar-refractivity contribution in [2.75, 3.05) is 0 Å². The number of halogens is 2. The first-order chi connectivity index (χ1) is 8.72. The van der Waals surface area contributed by atoms with Crippen molar-refractivity contribution < 1.29 is 0 Å². The Labute approximate surface area is 127 Å². The third kappa shape index (κ3) is 2.64. The molecule has 0 amide bonds. The van der Waals surface area contributed by atoms with Crippen LogP contribution in [0.3, 0.4) is 0 Å². The zero-order valence-corrected chi connectivity index (χ0v) is 13.4. The highest BCUT2D eigenvalue weighted by molar-refractivity contribution is 9.09. The van der Waals surface area contributed by atoms with E-state index in [2.05, 4.69) is 39.5 Å². The van der Waals surface area contributed by atoms with Crippen LogP contribution in [0.1, 0.15) is 15.3 Å². The van der Waals surface area contributed by atoms with Crippen LogP contribution in [0.4, 0.5) is 0 Å². The van der Waals surface area contributed by atoms with Crippen molar-refractivity contribution in [1.82, 2.24) is 0 Å². The number of hydrogen-bond donors (Lipinski definition) is 0. The predicted octanol–water partition coefficient (Wildman–Crippen LogP) is 6.29. The van der Waals surface area contributed by atoms with E-state index in [4.69, 9.17) is 11.6 Å². The van der Waals surface area contributed by atoms with E-state index in [1.54, 1.807) is 11.3 Å². The monoisotopic (exact) mass is 356 g/mol. The maximum atomic E-state index is 6.01. The minimum absolute atomic E-state index is 0.362. The van der Waals surface area contributed by atoms with Crippen LogP contribution in [0, 0.1) is 0 Å². The molecule has 0 bridgehead atoms. The van der Waals surface area contributed by atoms with E-state index in [0.717, 1.165) is 11.4 Å². The molecule has 2 heterocycles. The Morgan fingerprint density at radius 2 is 2.06 bits per heavy atom. The van der Waals surface area contributed by atoms with Gasteiger partial charge >= 0.3 is 0 Å². The third-order valence-electron chi connectivity index (χ3n) is 2.77. The minimum atomic E-state index is 0.362. The highest BCUT2D eigenvalue weighted by atomic mass is 79.9. The molecule has 0 N–H and O–H groups in total. The zero-order chi connectivity index (χ0) is 12.5. The molecule has 0 aliphatic heterocycles. The summed E-state index contributed by atoms with van der Waals surface area (Å²) in [5.41, 5.74) is 1.26. The van der Waals surface area contributed by atoms with E-state index in [0.29, 0.717) is 4.83 Å². The Hall–Kier alpha value is -0.350. The molecular weight excluding hydrogens is 348 g/mol. The topological polar surface area (TPSA) is 0 Å². The summed E-state index contributed by atoms with van der Waals surface area (Å²) >= 11 is 13.5. The lowest BCUT2D eigenvalue weighted by atomic mass is 10.1. The van der Waals surface area contributed by atoms with Crippen LogP contribution in [-0.4, -0.2) is 0 Å². The maximum absolute atomic E-state index is 6.01. The van der Waals surface area contributed by atoms with E-state index in [1.807, 2.05) is 29.5 Å². The summed E-state index contributed by atoms with van der Waals surface area (Å²) in [6.45, 7) is 0. The van der Waals surface area contributed by atoms with Gasteiger partial charge in [-0.1, -0.05) is 39.7 Å². The molecule has 0 aliphatic carbocycles. The largest absolute Gasteiger partial charge is 0.143 e. The van der Waals surface area contributed by atoms with Crippen LogP contribution < -0.4 is 0 Å². The smallest absolute Gasteiger partial charge is 0.0530 e. The number of rotatable bonds is 3. The summed E-state index contributed by atoms with van der Waals surface area (Å²) in [6, 6.07) is 12.5. The van der Waals surface area contributed by atoms with E-state index < -0.39 is 0 Å². The highest BCUT2D eigenvalue weighted by Crippen LogP contribution is 2.38. The van der Waals surface area contributed by atoms with Gasteiger partial charge in [0.25, 0.3) is 0 Å². The lowest BCUT2D eigenvalue weighted by molar-refractivity contribution is 0.970. The van der Waals surface area contributed by atoms with Crippen molar-refractivity contribution in [2.24, 2.45) is 0 Å². The Bertz CT molecular complexity index is 643. The summed E-state index contributed by atoms with van der Waals surface area (Å²) in [6.07, 6.45) is 0.967. The third-order valence-corrected chi connectivity index (χ3v) is 6.33. The van der Waals surface area contributed by atoms with Gasteiger partial charge in [0.1, 0.15) is 0 Å². The Balaban J connectivity index is 1.82. The molecule has 3 rings (SSSR count). The Kier molecular flexibility index (Phi) is 3.76. The summed E-state index contributed by atoms with van der Waals surface area (Å²) in [4.78, 5) is 1.75. The molecule has 0 saturated carbocycles. The normalized spacial score (nSPS) is 13.0. The van der Waals surface area contributed by atoms with Crippen molar-refractivity contribution >= 4 is 59.6 Å². The fraction of sp³-hybridized carbons (Fsp3) is 0.143. The molecule has 1 aromatic carbocycles. The minimum Gasteiger partial charge on any atom is -0.143 e. The van der Waals surface area contributed by atoms with Crippen LogP contribution in [0.15, 0.2) is 41.8 Å². The molecule has 0 saturated heterocycles. The molecule has 4 heteroatoms.